The minimum atomic E-state index is -0.214. The molecule has 4 heteroatoms. The predicted molar refractivity (Wildman–Crippen MR) is 74.1 cm³/mol. The molecule has 2 atom stereocenters. The molecule has 0 radical (unpaired) electrons. The fraction of sp³-hybridized carbons (Fsp3) is 0.571. The molecule has 0 bridgehead atoms. The smallest absolute Gasteiger partial charge is 0.124 e. The van der Waals surface area contributed by atoms with Gasteiger partial charge in [-0.05, 0) is 43.9 Å². The van der Waals surface area contributed by atoms with Crippen molar-refractivity contribution in [2.75, 3.05) is 13.2 Å². The van der Waals surface area contributed by atoms with Gasteiger partial charge in [0, 0.05) is 23.7 Å². The van der Waals surface area contributed by atoms with Gasteiger partial charge in [-0.3, -0.25) is 0 Å². The molecule has 18 heavy (non-hydrogen) atoms. The summed E-state index contributed by atoms with van der Waals surface area (Å²) in [6, 6.07) is 5.00. The maximum atomic E-state index is 13.0. The van der Waals surface area contributed by atoms with Crippen LogP contribution in [0.3, 0.4) is 0 Å². The van der Waals surface area contributed by atoms with Crippen LogP contribution in [0.1, 0.15) is 37.8 Å². The van der Waals surface area contributed by atoms with Crippen LogP contribution in [0.2, 0.25) is 0 Å². The Balaban J connectivity index is 1.88. The Morgan fingerprint density at radius 2 is 2.33 bits per heavy atom. The molecule has 2 unspecified atom stereocenters. The van der Waals surface area contributed by atoms with E-state index < -0.39 is 0 Å². The van der Waals surface area contributed by atoms with E-state index in [1.807, 2.05) is 6.07 Å². The van der Waals surface area contributed by atoms with Gasteiger partial charge in [0.1, 0.15) is 5.82 Å². The number of hydrogen-bond donors (Lipinski definition) is 1. The molecule has 0 aromatic heterocycles. The van der Waals surface area contributed by atoms with Crippen molar-refractivity contribution < 1.29 is 9.13 Å². The van der Waals surface area contributed by atoms with Gasteiger partial charge < -0.3 is 10.1 Å². The van der Waals surface area contributed by atoms with Crippen LogP contribution in [-0.4, -0.2) is 19.3 Å². The van der Waals surface area contributed by atoms with E-state index >= 15 is 0 Å². The molecule has 1 aromatic rings. The van der Waals surface area contributed by atoms with Crippen molar-refractivity contribution in [1.29, 1.82) is 0 Å². The highest BCUT2D eigenvalue weighted by atomic mass is 79.9. The molecule has 1 fully saturated rings. The van der Waals surface area contributed by atoms with E-state index in [9.17, 15) is 4.39 Å². The second-order valence-electron chi connectivity index (χ2n) is 4.78. The lowest BCUT2D eigenvalue weighted by Crippen LogP contribution is -2.33. The zero-order valence-corrected chi connectivity index (χ0v) is 12.2. The molecule has 0 amide bonds. The van der Waals surface area contributed by atoms with Gasteiger partial charge in [-0.15, -0.1) is 0 Å². The van der Waals surface area contributed by atoms with Gasteiger partial charge in [0.2, 0.25) is 0 Å². The van der Waals surface area contributed by atoms with E-state index in [1.165, 1.54) is 25.0 Å². The van der Waals surface area contributed by atoms with E-state index in [0.717, 1.165) is 29.6 Å². The first-order valence-electron chi connectivity index (χ1n) is 6.47. The number of rotatable bonds is 4. The molecule has 0 spiro atoms. The number of nitrogens with one attached hydrogen (secondary N) is 1. The summed E-state index contributed by atoms with van der Waals surface area (Å²) in [6.45, 7) is 3.81. The summed E-state index contributed by atoms with van der Waals surface area (Å²) in [7, 11) is 0. The summed E-state index contributed by atoms with van der Waals surface area (Å²) in [5, 5.41) is 3.45. The second kappa shape index (κ2) is 6.64. The van der Waals surface area contributed by atoms with Crippen molar-refractivity contribution >= 4 is 15.9 Å². The number of halogens is 2. The molecule has 0 aliphatic carbocycles. The molecule has 1 N–H and O–H groups in total. The predicted octanol–water partition coefficient (Wildman–Crippen LogP) is 3.81. The Morgan fingerprint density at radius 1 is 1.50 bits per heavy atom. The van der Waals surface area contributed by atoms with Gasteiger partial charge in [0.15, 0.2) is 0 Å². The number of benzene rings is 1. The van der Waals surface area contributed by atoms with Crippen LogP contribution in [0.15, 0.2) is 22.7 Å². The Kier molecular flexibility index (Phi) is 5.15. The topological polar surface area (TPSA) is 21.3 Å². The lowest BCUT2D eigenvalue weighted by molar-refractivity contribution is 0.0156. The van der Waals surface area contributed by atoms with Crippen LogP contribution < -0.4 is 5.32 Å². The molecule has 2 nitrogen and oxygen atoms in total. The summed E-state index contributed by atoms with van der Waals surface area (Å²) >= 11 is 3.40. The molecule has 1 heterocycles. The van der Waals surface area contributed by atoms with Crippen LogP contribution in [-0.2, 0) is 4.74 Å². The quantitative estimate of drug-likeness (QED) is 0.912. The van der Waals surface area contributed by atoms with Crippen molar-refractivity contribution in [2.24, 2.45) is 0 Å². The molecule has 1 saturated heterocycles. The first-order valence-corrected chi connectivity index (χ1v) is 7.26. The Labute approximate surface area is 116 Å². The number of ether oxygens (including phenoxy) is 1. The summed E-state index contributed by atoms with van der Waals surface area (Å²) in [5.74, 6) is -0.214. The first-order chi connectivity index (χ1) is 8.66. The van der Waals surface area contributed by atoms with Crippen molar-refractivity contribution in [2.45, 2.75) is 38.3 Å². The van der Waals surface area contributed by atoms with Crippen LogP contribution in [0.4, 0.5) is 4.39 Å². The van der Waals surface area contributed by atoms with Crippen molar-refractivity contribution in [3.8, 4) is 0 Å². The average molecular weight is 316 g/mol. The zero-order chi connectivity index (χ0) is 13.0. The minimum Gasteiger partial charge on any atom is -0.377 e. The van der Waals surface area contributed by atoms with E-state index in [1.54, 1.807) is 0 Å². The highest BCUT2D eigenvalue weighted by Gasteiger charge is 2.16. The van der Waals surface area contributed by atoms with E-state index in [4.69, 9.17) is 4.74 Å². The van der Waals surface area contributed by atoms with Crippen LogP contribution >= 0.6 is 15.9 Å². The summed E-state index contributed by atoms with van der Waals surface area (Å²) in [4.78, 5) is 0. The lowest BCUT2D eigenvalue weighted by atomic mass is 10.1. The molecule has 1 aliphatic rings. The molecule has 1 aliphatic heterocycles. The van der Waals surface area contributed by atoms with Gasteiger partial charge in [-0.2, -0.15) is 0 Å². The van der Waals surface area contributed by atoms with Crippen molar-refractivity contribution in [3.63, 3.8) is 0 Å². The molecule has 100 valence electrons. The van der Waals surface area contributed by atoms with E-state index in [0.29, 0.717) is 6.10 Å². The molecule has 1 aromatic carbocycles. The van der Waals surface area contributed by atoms with Crippen molar-refractivity contribution in [3.05, 3.63) is 34.1 Å². The standard InChI is InChI=1S/C14H19BrFNO/c1-10(13-6-5-11(16)8-14(13)15)17-9-12-4-2-3-7-18-12/h5-6,8,10,12,17H,2-4,7,9H2,1H3. The maximum absolute atomic E-state index is 13.0. The SMILES string of the molecule is CC(NCC1CCCCO1)c1ccc(F)cc1Br. The van der Waals surface area contributed by atoms with Crippen LogP contribution in [0, 0.1) is 5.82 Å². The van der Waals surface area contributed by atoms with Crippen LogP contribution in [0.5, 0.6) is 0 Å². The molecule has 0 saturated carbocycles. The fourth-order valence-corrected chi connectivity index (χ4v) is 2.93. The highest BCUT2D eigenvalue weighted by molar-refractivity contribution is 9.10. The van der Waals surface area contributed by atoms with Crippen molar-refractivity contribution in [1.82, 2.24) is 5.32 Å². The summed E-state index contributed by atoms with van der Waals surface area (Å²) in [6.07, 6.45) is 3.88. The number of hydrogen-bond acceptors (Lipinski definition) is 2. The first kappa shape index (κ1) is 14.0. The minimum absolute atomic E-state index is 0.186. The maximum Gasteiger partial charge on any atom is 0.124 e. The highest BCUT2D eigenvalue weighted by Crippen LogP contribution is 2.24. The normalized spacial score (nSPS) is 21.8. The van der Waals surface area contributed by atoms with E-state index in [-0.39, 0.29) is 11.9 Å². The van der Waals surface area contributed by atoms with Gasteiger partial charge in [0.05, 0.1) is 6.10 Å². The van der Waals surface area contributed by atoms with E-state index in [2.05, 4.69) is 28.2 Å². The fourth-order valence-electron chi connectivity index (χ4n) is 2.24. The third-order valence-electron chi connectivity index (χ3n) is 3.35. The Morgan fingerprint density at radius 3 is 3.00 bits per heavy atom. The monoisotopic (exact) mass is 315 g/mol. The molecular formula is C14H19BrFNO. The van der Waals surface area contributed by atoms with Gasteiger partial charge in [0.25, 0.3) is 0 Å². The summed E-state index contributed by atoms with van der Waals surface area (Å²) < 4.78 is 19.5. The largest absolute Gasteiger partial charge is 0.377 e. The van der Waals surface area contributed by atoms with Gasteiger partial charge in [-0.25, -0.2) is 4.39 Å². The zero-order valence-electron chi connectivity index (χ0n) is 10.6. The second-order valence-corrected chi connectivity index (χ2v) is 5.64. The molecular weight excluding hydrogens is 297 g/mol. The van der Waals surface area contributed by atoms with Crippen LogP contribution in [0.25, 0.3) is 0 Å². The summed E-state index contributed by atoms with van der Waals surface area (Å²) in [5.41, 5.74) is 1.08. The van der Waals surface area contributed by atoms with Gasteiger partial charge >= 0.3 is 0 Å². The Hall–Kier alpha value is -0.450. The molecule has 2 rings (SSSR count). The third kappa shape index (κ3) is 3.77. The average Bonchev–Trinajstić information content (AvgIpc) is 2.37. The third-order valence-corrected chi connectivity index (χ3v) is 4.04. The lowest BCUT2D eigenvalue weighted by Gasteiger charge is -2.25. The van der Waals surface area contributed by atoms with Gasteiger partial charge in [-0.1, -0.05) is 22.0 Å². The Bertz CT molecular complexity index is 393.